The van der Waals surface area contributed by atoms with Crippen LogP contribution in [0.5, 0.6) is 0 Å². The second-order valence-electron chi connectivity index (χ2n) is 5.66. The van der Waals surface area contributed by atoms with Crippen LogP contribution in [0.3, 0.4) is 0 Å². The average molecular weight is 346 g/mol. The maximum Gasteiger partial charge on any atom is 0.133 e. The average Bonchev–Trinajstić information content (AvgIpc) is 3.20. The third-order valence-corrected chi connectivity index (χ3v) is 4.29. The lowest BCUT2D eigenvalue weighted by Gasteiger charge is -2.09. The highest BCUT2D eigenvalue weighted by atomic mass is 35.5. The fourth-order valence-corrected chi connectivity index (χ4v) is 2.87. The molecule has 24 heavy (non-hydrogen) atoms. The Morgan fingerprint density at radius 3 is 2.75 bits per heavy atom. The van der Waals surface area contributed by atoms with Gasteiger partial charge in [-0.1, -0.05) is 41.9 Å². The van der Waals surface area contributed by atoms with Gasteiger partial charge in [-0.2, -0.15) is 5.10 Å². The number of furan rings is 1. The lowest BCUT2D eigenvalue weighted by molar-refractivity contribution is 0.147. The number of rotatable bonds is 7. The summed E-state index contributed by atoms with van der Waals surface area (Å²) in [6.07, 6.45) is 0.867. The van der Waals surface area contributed by atoms with Gasteiger partial charge in [-0.15, -0.1) is 0 Å². The molecule has 0 amide bonds. The zero-order valence-corrected chi connectivity index (χ0v) is 14.2. The van der Waals surface area contributed by atoms with Crippen molar-refractivity contribution in [3.63, 3.8) is 0 Å². The Balaban J connectivity index is 1.62. The van der Waals surface area contributed by atoms with Crippen LogP contribution >= 0.6 is 11.6 Å². The summed E-state index contributed by atoms with van der Waals surface area (Å²) in [4.78, 5) is 0. The van der Waals surface area contributed by atoms with Crippen LogP contribution < -0.4 is 5.32 Å². The van der Waals surface area contributed by atoms with Gasteiger partial charge in [0, 0.05) is 18.7 Å². The van der Waals surface area contributed by atoms with Crippen molar-refractivity contribution in [2.75, 3.05) is 6.54 Å². The van der Waals surface area contributed by atoms with Crippen LogP contribution in [-0.2, 0) is 13.1 Å². The van der Waals surface area contributed by atoms with Crippen molar-refractivity contribution in [1.82, 2.24) is 15.1 Å². The molecule has 0 aliphatic heterocycles. The fraction of sp³-hybridized carbons (Fsp3) is 0.278. The monoisotopic (exact) mass is 345 g/mol. The van der Waals surface area contributed by atoms with Gasteiger partial charge in [0.25, 0.3) is 0 Å². The van der Waals surface area contributed by atoms with Gasteiger partial charge in [0.15, 0.2) is 0 Å². The normalized spacial score (nSPS) is 12.5. The number of halogens is 1. The van der Waals surface area contributed by atoms with E-state index in [-0.39, 0.29) is 0 Å². The van der Waals surface area contributed by atoms with Crippen molar-refractivity contribution in [3.05, 3.63) is 76.5 Å². The van der Waals surface area contributed by atoms with Gasteiger partial charge in [0.05, 0.1) is 18.5 Å². The third-order valence-electron chi connectivity index (χ3n) is 3.87. The van der Waals surface area contributed by atoms with E-state index in [4.69, 9.17) is 16.0 Å². The fourth-order valence-electron chi connectivity index (χ4n) is 2.57. The molecule has 2 N–H and O–H groups in total. The summed E-state index contributed by atoms with van der Waals surface area (Å²) in [7, 11) is 0. The van der Waals surface area contributed by atoms with E-state index < -0.39 is 6.10 Å². The van der Waals surface area contributed by atoms with E-state index in [1.165, 1.54) is 0 Å². The molecule has 0 saturated carbocycles. The number of aliphatic hydroxyl groups excluding tert-OH is 1. The molecule has 126 valence electrons. The highest BCUT2D eigenvalue weighted by molar-refractivity contribution is 6.30. The number of hydrogen-bond donors (Lipinski definition) is 2. The van der Waals surface area contributed by atoms with E-state index in [9.17, 15) is 5.11 Å². The van der Waals surface area contributed by atoms with Crippen LogP contribution in [0.1, 0.15) is 28.7 Å². The molecule has 0 fully saturated rings. The summed E-state index contributed by atoms with van der Waals surface area (Å²) in [5, 5.41) is 18.4. The quantitative estimate of drug-likeness (QED) is 0.689. The second-order valence-corrected chi connectivity index (χ2v) is 6.02. The number of aromatic nitrogens is 2. The molecule has 2 aromatic heterocycles. The van der Waals surface area contributed by atoms with Gasteiger partial charge in [-0.3, -0.25) is 0 Å². The van der Waals surface area contributed by atoms with Crippen molar-refractivity contribution in [2.24, 2.45) is 0 Å². The molecule has 0 saturated heterocycles. The molecule has 1 atom stereocenters. The molecule has 0 spiro atoms. The SMILES string of the molecule is Cc1nn(Cc2ccccc2)c(Cl)c1CNCC(O)c1ccco1. The van der Waals surface area contributed by atoms with Gasteiger partial charge >= 0.3 is 0 Å². The molecule has 1 unspecified atom stereocenters. The topological polar surface area (TPSA) is 63.2 Å². The molecular weight excluding hydrogens is 326 g/mol. The van der Waals surface area contributed by atoms with Crippen molar-refractivity contribution < 1.29 is 9.52 Å². The molecule has 3 aromatic rings. The summed E-state index contributed by atoms with van der Waals surface area (Å²) in [5.41, 5.74) is 2.98. The first-order chi connectivity index (χ1) is 11.6. The molecular formula is C18H20ClN3O2. The molecule has 0 aliphatic carbocycles. The zero-order chi connectivity index (χ0) is 16.9. The van der Waals surface area contributed by atoms with E-state index in [0.29, 0.717) is 30.5 Å². The number of aryl methyl sites for hydroxylation is 1. The largest absolute Gasteiger partial charge is 0.467 e. The lowest BCUT2D eigenvalue weighted by Crippen LogP contribution is -2.21. The summed E-state index contributed by atoms with van der Waals surface area (Å²) < 4.78 is 6.98. The lowest BCUT2D eigenvalue weighted by atomic mass is 10.2. The Morgan fingerprint density at radius 2 is 2.04 bits per heavy atom. The van der Waals surface area contributed by atoms with Crippen molar-refractivity contribution in [1.29, 1.82) is 0 Å². The third kappa shape index (κ3) is 3.87. The molecule has 5 nitrogen and oxygen atoms in total. The first-order valence-electron chi connectivity index (χ1n) is 7.83. The molecule has 1 aromatic carbocycles. The van der Waals surface area contributed by atoms with E-state index in [2.05, 4.69) is 10.4 Å². The van der Waals surface area contributed by atoms with Gasteiger partial charge in [-0.25, -0.2) is 4.68 Å². The van der Waals surface area contributed by atoms with Crippen LogP contribution in [0.4, 0.5) is 0 Å². The van der Waals surface area contributed by atoms with E-state index in [0.717, 1.165) is 16.8 Å². The van der Waals surface area contributed by atoms with Gasteiger partial charge in [-0.05, 0) is 24.6 Å². The first kappa shape index (κ1) is 16.8. The standard InChI is InChI=1S/C18H20ClN3O2/c1-13-15(10-20-11-16(23)17-8-5-9-24-17)18(19)22(21-13)12-14-6-3-2-4-7-14/h2-9,16,20,23H,10-12H2,1H3. The van der Waals surface area contributed by atoms with Crippen molar-refractivity contribution in [2.45, 2.75) is 26.1 Å². The van der Waals surface area contributed by atoms with Gasteiger partial charge in [0.1, 0.15) is 17.0 Å². The summed E-state index contributed by atoms with van der Waals surface area (Å²) in [6, 6.07) is 13.6. The maximum atomic E-state index is 10.0. The second kappa shape index (κ2) is 7.66. The minimum atomic E-state index is -0.682. The van der Waals surface area contributed by atoms with Crippen LogP contribution in [0.2, 0.25) is 5.15 Å². The summed E-state index contributed by atoms with van der Waals surface area (Å²) in [6.45, 7) is 3.49. The Labute approximate surface area is 145 Å². The minimum absolute atomic E-state index is 0.382. The molecule has 0 bridgehead atoms. The Hall–Kier alpha value is -2.08. The molecule has 3 rings (SSSR count). The predicted octanol–water partition coefficient (Wildman–Crippen LogP) is 3.31. The Bertz CT molecular complexity index is 769. The smallest absolute Gasteiger partial charge is 0.133 e. The molecule has 6 heteroatoms. The number of nitrogens with zero attached hydrogens (tertiary/aromatic N) is 2. The van der Waals surface area contributed by atoms with Gasteiger partial charge in [0.2, 0.25) is 0 Å². The van der Waals surface area contributed by atoms with E-state index >= 15 is 0 Å². The Morgan fingerprint density at radius 1 is 1.25 bits per heavy atom. The zero-order valence-electron chi connectivity index (χ0n) is 13.4. The molecule has 2 heterocycles. The highest BCUT2D eigenvalue weighted by Gasteiger charge is 2.15. The summed E-state index contributed by atoms with van der Waals surface area (Å²) in [5.74, 6) is 0.546. The first-order valence-corrected chi connectivity index (χ1v) is 8.21. The van der Waals surface area contributed by atoms with Crippen LogP contribution in [0.15, 0.2) is 53.1 Å². The van der Waals surface area contributed by atoms with Crippen LogP contribution in [-0.4, -0.2) is 21.4 Å². The van der Waals surface area contributed by atoms with Crippen molar-refractivity contribution in [3.8, 4) is 0 Å². The van der Waals surface area contributed by atoms with Crippen LogP contribution in [0.25, 0.3) is 0 Å². The molecule has 0 aliphatic rings. The number of hydrogen-bond acceptors (Lipinski definition) is 4. The van der Waals surface area contributed by atoms with E-state index in [1.807, 2.05) is 37.3 Å². The predicted molar refractivity (Wildman–Crippen MR) is 92.9 cm³/mol. The minimum Gasteiger partial charge on any atom is -0.467 e. The van der Waals surface area contributed by atoms with Crippen molar-refractivity contribution >= 4 is 11.6 Å². The number of benzene rings is 1. The summed E-state index contributed by atoms with van der Waals surface area (Å²) >= 11 is 6.47. The number of nitrogens with one attached hydrogen (secondary N) is 1. The maximum absolute atomic E-state index is 10.0. The van der Waals surface area contributed by atoms with Crippen LogP contribution in [0, 0.1) is 6.92 Å². The number of aliphatic hydroxyl groups is 1. The Kier molecular flexibility index (Phi) is 5.35. The molecule has 0 radical (unpaired) electrons. The van der Waals surface area contributed by atoms with E-state index in [1.54, 1.807) is 23.1 Å². The van der Waals surface area contributed by atoms with Gasteiger partial charge < -0.3 is 14.8 Å². The highest BCUT2D eigenvalue weighted by Crippen LogP contribution is 2.21.